The highest BCUT2D eigenvalue weighted by Crippen LogP contribution is 2.27. The lowest BCUT2D eigenvalue weighted by molar-refractivity contribution is 0.564. The minimum atomic E-state index is 0.664. The van der Waals surface area contributed by atoms with Crippen LogP contribution in [-0.2, 0) is 6.42 Å². The third-order valence-corrected chi connectivity index (χ3v) is 2.98. The fraction of sp³-hybridized carbons (Fsp3) is 0.429. The van der Waals surface area contributed by atoms with Crippen molar-refractivity contribution in [2.45, 2.75) is 33.1 Å². The largest absolute Gasteiger partial charge is 0.472 e. The van der Waals surface area contributed by atoms with Gasteiger partial charge in [-0.05, 0) is 36.0 Å². The van der Waals surface area contributed by atoms with E-state index in [1.165, 1.54) is 24.0 Å². The van der Waals surface area contributed by atoms with Crippen molar-refractivity contribution >= 4 is 0 Å². The zero-order chi connectivity index (χ0) is 10.7. The lowest BCUT2D eigenvalue weighted by Crippen LogP contribution is -2.03. The second-order valence-corrected chi connectivity index (χ2v) is 4.45. The van der Waals surface area contributed by atoms with E-state index in [4.69, 9.17) is 4.42 Å². The number of furan rings is 1. The van der Waals surface area contributed by atoms with Crippen molar-refractivity contribution in [3.8, 4) is 0 Å². The molecule has 2 rings (SSSR count). The van der Waals surface area contributed by atoms with Gasteiger partial charge in [-0.2, -0.15) is 0 Å². The van der Waals surface area contributed by atoms with Gasteiger partial charge in [-0.25, -0.2) is 0 Å². The number of hydrogen-bond donors (Lipinski definition) is 0. The van der Waals surface area contributed by atoms with Crippen LogP contribution < -0.4 is 0 Å². The summed E-state index contributed by atoms with van der Waals surface area (Å²) in [6, 6.07) is 2.05. The Morgan fingerprint density at radius 3 is 2.93 bits per heavy atom. The van der Waals surface area contributed by atoms with Crippen molar-refractivity contribution in [3.63, 3.8) is 0 Å². The number of rotatable bonds is 3. The topological polar surface area (TPSA) is 13.1 Å². The Kier molecular flexibility index (Phi) is 3.10. The molecule has 1 nitrogen and oxygen atoms in total. The molecule has 1 heteroatoms. The van der Waals surface area contributed by atoms with Crippen LogP contribution in [0.2, 0.25) is 0 Å². The maximum Gasteiger partial charge on any atom is 0.0937 e. The van der Waals surface area contributed by atoms with Crippen LogP contribution in [0, 0.1) is 5.92 Å². The summed E-state index contributed by atoms with van der Waals surface area (Å²) in [5.41, 5.74) is 4.37. The molecule has 0 aliphatic heterocycles. The zero-order valence-electron chi connectivity index (χ0n) is 9.49. The second kappa shape index (κ2) is 4.52. The predicted molar refractivity (Wildman–Crippen MR) is 62.7 cm³/mol. The summed E-state index contributed by atoms with van der Waals surface area (Å²) in [7, 11) is 0. The molecule has 0 spiro atoms. The van der Waals surface area contributed by atoms with E-state index in [0.717, 1.165) is 6.42 Å². The molecule has 1 aromatic rings. The van der Waals surface area contributed by atoms with Crippen molar-refractivity contribution in [2.24, 2.45) is 5.92 Å². The SMILES string of the molecule is CC(C)C1=C(Cc2ccoc2)C=CCC1. The molecule has 80 valence electrons. The van der Waals surface area contributed by atoms with Crippen LogP contribution in [0.3, 0.4) is 0 Å². The summed E-state index contributed by atoms with van der Waals surface area (Å²) in [5, 5.41) is 0. The maximum atomic E-state index is 5.11. The Bertz CT molecular complexity index is 366. The molecule has 0 fully saturated rings. The Morgan fingerprint density at radius 2 is 2.27 bits per heavy atom. The van der Waals surface area contributed by atoms with Crippen LogP contribution in [-0.4, -0.2) is 0 Å². The van der Waals surface area contributed by atoms with Crippen molar-refractivity contribution in [1.82, 2.24) is 0 Å². The average molecular weight is 202 g/mol. The van der Waals surface area contributed by atoms with Gasteiger partial charge in [0.2, 0.25) is 0 Å². The van der Waals surface area contributed by atoms with Crippen molar-refractivity contribution in [3.05, 3.63) is 47.5 Å². The predicted octanol–water partition coefficient (Wildman–Crippen LogP) is 4.12. The van der Waals surface area contributed by atoms with Crippen LogP contribution in [0.1, 0.15) is 32.3 Å². The Labute approximate surface area is 91.5 Å². The summed E-state index contributed by atoms with van der Waals surface area (Å²) in [6.07, 6.45) is 11.6. The van der Waals surface area contributed by atoms with Crippen molar-refractivity contribution in [1.29, 1.82) is 0 Å². The summed E-state index contributed by atoms with van der Waals surface area (Å²) in [4.78, 5) is 0. The van der Waals surface area contributed by atoms with E-state index >= 15 is 0 Å². The molecule has 0 atom stereocenters. The minimum Gasteiger partial charge on any atom is -0.472 e. The van der Waals surface area contributed by atoms with Crippen LogP contribution in [0.25, 0.3) is 0 Å². The monoisotopic (exact) mass is 202 g/mol. The van der Waals surface area contributed by atoms with Gasteiger partial charge < -0.3 is 4.42 Å². The Balaban J connectivity index is 2.21. The van der Waals surface area contributed by atoms with Gasteiger partial charge in [-0.15, -0.1) is 0 Å². The molecular formula is C14H18O. The lowest BCUT2D eigenvalue weighted by atomic mass is 9.87. The molecule has 0 amide bonds. The Hall–Kier alpha value is -1.24. The number of allylic oxidation sites excluding steroid dienone is 4. The van der Waals surface area contributed by atoms with Gasteiger partial charge in [0.25, 0.3) is 0 Å². The fourth-order valence-electron chi connectivity index (χ4n) is 2.18. The molecular weight excluding hydrogens is 184 g/mol. The van der Waals surface area contributed by atoms with E-state index in [9.17, 15) is 0 Å². The van der Waals surface area contributed by atoms with Crippen LogP contribution in [0.15, 0.2) is 46.3 Å². The second-order valence-electron chi connectivity index (χ2n) is 4.45. The first-order valence-electron chi connectivity index (χ1n) is 5.67. The highest BCUT2D eigenvalue weighted by molar-refractivity contribution is 5.34. The smallest absolute Gasteiger partial charge is 0.0937 e. The molecule has 0 saturated carbocycles. The molecule has 0 aromatic carbocycles. The molecule has 1 heterocycles. The van der Waals surface area contributed by atoms with Gasteiger partial charge in [-0.1, -0.05) is 31.6 Å². The van der Waals surface area contributed by atoms with Gasteiger partial charge in [0.15, 0.2) is 0 Å². The van der Waals surface area contributed by atoms with E-state index in [0.29, 0.717) is 5.92 Å². The first kappa shape index (κ1) is 10.3. The van der Waals surface area contributed by atoms with Gasteiger partial charge in [0, 0.05) is 6.42 Å². The van der Waals surface area contributed by atoms with E-state index < -0.39 is 0 Å². The highest BCUT2D eigenvalue weighted by atomic mass is 16.3. The van der Waals surface area contributed by atoms with Crippen LogP contribution >= 0.6 is 0 Å². The third kappa shape index (κ3) is 2.41. The van der Waals surface area contributed by atoms with E-state index in [2.05, 4.69) is 26.0 Å². The van der Waals surface area contributed by atoms with E-state index in [-0.39, 0.29) is 0 Å². The summed E-state index contributed by atoms with van der Waals surface area (Å²) in [5.74, 6) is 0.664. The molecule has 0 radical (unpaired) electrons. The normalized spacial score (nSPS) is 16.5. The first-order valence-corrected chi connectivity index (χ1v) is 5.67. The molecule has 0 bridgehead atoms. The molecule has 0 saturated heterocycles. The van der Waals surface area contributed by atoms with Crippen molar-refractivity contribution in [2.75, 3.05) is 0 Å². The quantitative estimate of drug-likeness (QED) is 0.718. The standard InChI is InChI=1S/C14H18O/c1-11(2)14-6-4-3-5-13(14)9-12-7-8-15-10-12/h3,5,7-8,10-11H,4,6,9H2,1-2H3. The molecule has 0 unspecified atom stereocenters. The summed E-state index contributed by atoms with van der Waals surface area (Å²) < 4.78 is 5.11. The molecule has 15 heavy (non-hydrogen) atoms. The van der Waals surface area contributed by atoms with E-state index in [1.54, 1.807) is 11.8 Å². The highest BCUT2D eigenvalue weighted by Gasteiger charge is 2.12. The molecule has 1 aliphatic carbocycles. The molecule has 1 aliphatic rings. The minimum absolute atomic E-state index is 0.664. The number of hydrogen-bond acceptors (Lipinski definition) is 1. The molecule has 1 aromatic heterocycles. The van der Waals surface area contributed by atoms with Gasteiger partial charge in [-0.3, -0.25) is 0 Å². The van der Waals surface area contributed by atoms with Gasteiger partial charge >= 0.3 is 0 Å². The zero-order valence-corrected chi connectivity index (χ0v) is 9.49. The van der Waals surface area contributed by atoms with Crippen LogP contribution in [0.4, 0.5) is 0 Å². The van der Waals surface area contributed by atoms with Crippen LogP contribution in [0.5, 0.6) is 0 Å². The summed E-state index contributed by atoms with van der Waals surface area (Å²) >= 11 is 0. The van der Waals surface area contributed by atoms with E-state index in [1.807, 2.05) is 12.3 Å². The summed E-state index contributed by atoms with van der Waals surface area (Å²) in [6.45, 7) is 4.56. The fourth-order valence-corrected chi connectivity index (χ4v) is 2.18. The maximum absolute atomic E-state index is 5.11. The Morgan fingerprint density at radius 1 is 1.40 bits per heavy atom. The average Bonchev–Trinajstić information content (AvgIpc) is 2.71. The van der Waals surface area contributed by atoms with Gasteiger partial charge in [0.05, 0.1) is 12.5 Å². The van der Waals surface area contributed by atoms with Gasteiger partial charge in [0.1, 0.15) is 0 Å². The van der Waals surface area contributed by atoms with Crippen molar-refractivity contribution < 1.29 is 4.42 Å². The molecule has 0 N–H and O–H groups in total. The third-order valence-electron chi connectivity index (χ3n) is 2.98. The lowest BCUT2D eigenvalue weighted by Gasteiger charge is -2.18. The first-order chi connectivity index (χ1) is 7.27.